The normalized spacial score (nSPS) is 18.2. The molecule has 0 bridgehead atoms. The summed E-state index contributed by atoms with van der Waals surface area (Å²) in [5.41, 5.74) is 19.5. The molecule has 4 aromatic heterocycles. The number of azide groups is 1. The summed E-state index contributed by atoms with van der Waals surface area (Å²) < 4.78 is 60.9. The number of fused-ring (bicyclic) bond motifs is 2. The molecule has 3 aliphatic carbocycles. The Bertz CT molecular complexity index is 5610. The first-order valence-electron chi connectivity index (χ1n) is 39.9. The van der Waals surface area contributed by atoms with Gasteiger partial charge in [0.25, 0.3) is 17.4 Å². The maximum atomic E-state index is 13.0. The van der Waals surface area contributed by atoms with Gasteiger partial charge in [0.15, 0.2) is 3.51 Å². The number of alkyl halides is 2. The number of aryl methyl sites for hydroxylation is 4. The molecule has 28 nitrogen and oxygen atoms in total. The Balaban J connectivity index is 0.000000143. The molecule has 3 aliphatic heterocycles. The van der Waals surface area contributed by atoms with Crippen molar-refractivity contribution in [2.45, 2.75) is 179 Å². The Hall–Kier alpha value is -12.2. The van der Waals surface area contributed by atoms with Crippen molar-refractivity contribution < 1.29 is 79.3 Å². The summed E-state index contributed by atoms with van der Waals surface area (Å²) in [6.45, 7) is 12.5. The number of halogens is 3. The van der Waals surface area contributed by atoms with E-state index < -0.39 is 94.1 Å². The Kier molecular flexibility index (Phi) is 31.5. The maximum absolute atomic E-state index is 13.0. The number of esters is 6. The zero-order chi connectivity index (χ0) is 86.9. The van der Waals surface area contributed by atoms with Crippen LogP contribution in [0.5, 0.6) is 17.2 Å². The minimum absolute atomic E-state index is 0.110. The summed E-state index contributed by atoms with van der Waals surface area (Å²) in [6, 6.07) is 59.0. The molecule has 6 aliphatic rings. The molecule has 3 saturated heterocycles. The fourth-order valence-electron chi connectivity index (χ4n) is 14.4. The Morgan fingerprint density at radius 1 is 0.577 bits per heavy atom. The van der Waals surface area contributed by atoms with Crippen LogP contribution in [-0.2, 0) is 104 Å². The topological polar surface area (TPSA) is 348 Å². The van der Waals surface area contributed by atoms with Crippen LogP contribution in [0.4, 0.5) is 0 Å². The van der Waals surface area contributed by atoms with Crippen molar-refractivity contribution in [1.82, 2.24) is 40.0 Å². The first kappa shape index (κ1) is 90.1. The summed E-state index contributed by atoms with van der Waals surface area (Å²) >= 11 is 2.75. The van der Waals surface area contributed by atoms with E-state index in [0.29, 0.717) is 69.9 Å². The molecule has 7 heterocycles. The quantitative estimate of drug-likeness (QED) is 0.00835. The molecule has 6 fully saturated rings. The second-order valence-electron chi connectivity index (χ2n) is 29.6. The van der Waals surface area contributed by atoms with Crippen molar-refractivity contribution in [2.75, 3.05) is 11.5 Å². The van der Waals surface area contributed by atoms with E-state index in [1.165, 1.54) is 23.6 Å². The average Bonchev–Trinajstić information content (AvgIpc) is 1.66. The molecule has 3 unspecified atom stereocenters. The number of pyridine rings is 2. The number of rotatable bonds is 19. The Morgan fingerprint density at radius 3 is 1.41 bits per heavy atom. The predicted molar refractivity (Wildman–Crippen MR) is 474 cm³/mol. The van der Waals surface area contributed by atoms with Crippen LogP contribution in [0, 0.1) is 33.3 Å². The van der Waals surface area contributed by atoms with Gasteiger partial charge in [0.05, 0.1) is 24.5 Å². The average molecular weight is 1910 g/mol. The van der Waals surface area contributed by atoms with Crippen LogP contribution in [0.1, 0.15) is 159 Å². The van der Waals surface area contributed by atoms with E-state index in [-0.39, 0.29) is 46.7 Å². The molecule has 123 heavy (non-hydrogen) atoms. The molecule has 3 spiro atoms. The van der Waals surface area contributed by atoms with Crippen molar-refractivity contribution in [3.63, 3.8) is 0 Å². The number of carbonyl (C=O) groups excluding carboxylic acids is 7. The Morgan fingerprint density at radius 2 is 1.00 bits per heavy atom. The monoisotopic (exact) mass is 1910 g/mol. The Labute approximate surface area is 733 Å². The van der Waals surface area contributed by atoms with E-state index in [1.54, 1.807) is 21.8 Å². The number of hydrogen-bond acceptors (Lipinski definition) is 24. The molecule has 3 atom stereocenters. The molecular weight excluding hydrogens is 1820 g/mol. The number of ether oxygens (including phenoxy) is 9. The third-order valence-corrected chi connectivity index (χ3v) is 27.3. The minimum atomic E-state index is -1.78. The van der Waals surface area contributed by atoms with Gasteiger partial charge in [-0.2, -0.15) is 0 Å². The van der Waals surface area contributed by atoms with Gasteiger partial charge in [0.2, 0.25) is 0 Å². The van der Waals surface area contributed by atoms with Gasteiger partial charge in [-0.1, -0.05) is 144 Å². The van der Waals surface area contributed by atoms with Crippen molar-refractivity contribution >= 4 is 120 Å². The SMILES string of the molecule is C#CCOc1ccc(C2CCC3(C2)OC(=O)CC(=O)O3)cc1.CC(=O)OI(C)c1ccc2ncccc2c1.CCn1cc(COc2ccc(C3CCC4(C3)OC(=O)C(=Ic3ccc5ncccc5c3)C(=O)O4)cc2)nn1.CCn1cc(COc2ccc(C3CCC4(C3)OC(=O)CC(=O)O4)cc2)nn1.Cc1ccc(CCl)cc1.Cc1ccc(CN=[N+]=[N-])cc1. The fourth-order valence-corrected chi connectivity index (χ4v) is 19.3. The van der Waals surface area contributed by atoms with E-state index in [9.17, 15) is 33.6 Å². The van der Waals surface area contributed by atoms with Crippen LogP contribution in [0.2, 0.25) is 0 Å². The third-order valence-electron chi connectivity index (χ3n) is 20.5. The summed E-state index contributed by atoms with van der Waals surface area (Å²) in [6.07, 6.45) is 17.1. The number of aromatic nitrogens is 8. The summed E-state index contributed by atoms with van der Waals surface area (Å²) in [7, 11) is 0. The number of hydrogen-bond donors (Lipinski definition) is 0. The molecule has 7 aromatic carbocycles. The van der Waals surface area contributed by atoms with Gasteiger partial charge in [0, 0.05) is 77.6 Å². The van der Waals surface area contributed by atoms with Crippen LogP contribution in [0.25, 0.3) is 32.2 Å². The van der Waals surface area contributed by atoms with Crippen molar-refractivity contribution in [3.8, 4) is 29.6 Å². The minimum Gasteiger partial charge on any atom is -0.487 e. The molecule has 638 valence electrons. The molecule has 0 amide bonds. The van der Waals surface area contributed by atoms with Crippen molar-refractivity contribution in [1.29, 1.82) is 0 Å². The van der Waals surface area contributed by atoms with E-state index in [0.717, 1.165) is 106 Å². The zero-order valence-electron chi connectivity index (χ0n) is 68.7. The van der Waals surface area contributed by atoms with Crippen molar-refractivity contribution in [3.05, 3.63) is 275 Å². The van der Waals surface area contributed by atoms with Crippen LogP contribution in [0.15, 0.2) is 212 Å². The van der Waals surface area contributed by atoms with Gasteiger partial charge in [-0.05, 0) is 159 Å². The van der Waals surface area contributed by atoms with E-state index in [4.69, 9.17) is 69.3 Å². The van der Waals surface area contributed by atoms with Gasteiger partial charge in [0.1, 0.15) is 61.3 Å². The number of carbonyl (C=O) groups is 7. The van der Waals surface area contributed by atoms with Crippen molar-refractivity contribution in [2.24, 2.45) is 5.11 Å². The molecule has 31 heteroatoms. The number of benzene rings is 7. The maximum Gasteiger partial charge on any atom is 0.354 e. The first-order chi connectivity index (χ1) is 59.5. The van der Waals surface area contributed by atoms with Crippen LogP contribution in [-0.4, -0.2) is 114 Å². The number of terminal acetylenes is 1. The molecule has 0 radical (unpaired) electrons. The van der Waals surface area contributed by atoms with Gasteiger partial charge in [-0.3, -0.25) is 33.5 Å². The second kappa shape index (κ2) is 43.0. The first-order valence-corrected chi connectivity index (χ1v) is 46.7. The molecule has 11 aromatic rings. The predicted octanol–water partition coefficient (Wildman–Crippen LogP) is 17.5. The van der Waals surface area contributed by atoms with Crippen LogP contribution < -0.4 is 14.2 Å². The van der Waals surface area contributed by atoms with Gasteiger partial charge in [-0.25, -0.2) is 9.59 Å². The van der Waals surface area contributed by atoms with Gasteiger partial charge < -0.3 is 42.6 Å². The summed E-state index contributed by atoms with van der Waals surface area (Å²) in [5.74, 6) is -0.997. The second-order valence-corrected chi connectivity index (χ2v) is 36.8. The van der Waals surface area contributed by atoms with Crippen LogP contribution >= 0.6 is 52.6 Å². The molecular formula is C92H92ClI2N11O17. The molecule has 0 N–H and O–H groups in total. The fraction of sp³-hybridized carbons (Fsp3) is 0.326. The smallest absolute Gasteiger partial charge is 0.354 e. The zero-order valence-corrected chi connectivity index (χ0v) is 73.7. The number of nitrogens with zero attached hydrogens (tertiary/aromatic N) is 11. The summed E-state index contributed by atoms with van der Waals surface area (Å²) in [4.78, 5) is 96.2. The standard InChI is InChI=1S/C28H25IN4O5.C19H21N3O5.C17H16O5.C12H12INO2.C8H9Cl.C8H9N3/c1-2-33-16-22(31-32-33)17-36-23-8-5-18(6-9-23)20-11-12-28(15-20)37-26(34)25(27(35)38-28)29-21-7-10-24-19(14-21)4-3-13-30-24;1-2-22-11-15(20-21-22)12-25-16-5-3-13(4-6-16)14-7-8-19(10-14)26-17(23)9-18(24)27-19;1-2-9-20-14-5-3-12(4-6-14)13-7-8-17(11-13)21-15(18)10-16(19)22-17;1-9(15)16-13(2)11-5-6-12-10(8-11)4-3-7-14-12;1-7-2-4-8(6-9)5-3-7;1-7-2-4-8(5-3-7)6-10-11-9/h3-10,13-14,16,20H,2,11-12,15,17H2,1H3;3-6,11,14H,2,7-10,12H2,1H3;1,3-6,13H,7-11H2;3-8H,1-2H3;2-5H,6H2,1H3;2-5H,6H2,1H3. The summed E-state index contributed by atoms with van der Waals surface area (Å²) in [5, 5.41) is 21.6. The molecule has 3 saturated carbocycles. The van der Waals surface area contributed by atoms with E-state index in [2.05, 4.69) is 71.7 Å². The van der Waals surface area contributed by atoms with Crippen LogP contribution in [0.3, 0.4) is 0 Å². The molecule has 17 rings (SSSR count). The van der Waals surface area contributed by atoms with E-state index in [1.807, 2.05) is 202 Å². The van der Waals surface area contributed by atoms with Gasteiger partial charge >= 0.3 is 138 Å². The largest absolute Gasteiger partial charge is 0.487 e. The van der Waals surface area contributed by atoms with Gasteiger partial charge in [-0.15, -0.1) is 28.2 Å². The van der Waals surface area contributed by atoms with E-state index >= 15 is 0 Å². The third kappa shape index (κ3) is 25.7.